The third-order valence-corrected chi connectivity index (χ3v) is 5.19. The molecule has 5 heteroatoms. The van der Waals surface area contributed by atoms with Crippen LogP contribution in [0.25, 0.3) is 6.08 Å². The summed E-state index contributed by atoms with van der Waals surface area (Å²) in [5, 5.41) is 2.97. The Morgan fingerprint density at radius 3 is 2.62 bits per heavy atom. The van der Waals surface area contributed by atoms with Gasteiger partial charge in [-0.2, -0.15) is 0 Å². The van der Waals surface area contributed by atoms with Crippen molar-refractivity contribution in [3.05, 3.63) is 66.0 Å². The normalized spacial score (nSPS) is 15.2. The van der Waals surface area contributed by atoms with Gasteiger partial charge >= 0.3 is 0 Å². The summed E-state index contributed by atoms with van der Waals surface area (Å²) in [5.74, 6) is 0.491. The maximum absolute atomic E-state index is 12.3. The third-order valence-electron chi connectivity index (χ3n) is 5.19. The molecular formula is C24H32N4O. The van der Waals surface area contributed by atoms with Gasteiger partial charge in [-0.25, -0.2) is 0 Å². The molecule has 1 N–H and O–H groups in total. The van der Waals surface area contributed by atoms with E-state index in [1.807, 2.05) is 18.2 Å². The molecule has 0 atom stereocenters. The predicted molar refractivity (Wildman–Crippen MR) is 120 cm³/mol. The number of hydrogen-bond acceptors (Lipinski definition) is 4. The first-order chi connectivity index (χ1) is 14.1. The lowest BCUT2D eigenvalue weighted by Crippen LogP contribution is -2.46. The molecule has 1 aromatic carbocycles. The summed E-state index contributed by atoms with van der Waals surface area (Å²) < 4.78 is 0. The monoisotopic (exact) mass is 392 g/mol. The van der Waals surface area contributed by atoms with Gasteiger partial charge in [0, 0.05) is 51.2 Å². The number of hydrogen-bond donors (Lipinski definition) is 1. The molecule has 1 fully saturated rings. The molecule has 0 unspecified atom stereocenters. The van der Waals surface area contributed by atoms with Gasteiger partial charge in [-0.05, 0) is 30.0 Å². The Bertz CT molecular complexity index is 796. The highest BCUT2D eigenvalue weighted by molar-refractivity contribution is 5.93. The molecular weight excluding hydrogens is 360 g/mol. The standard InChI is InChI=1S/C24H32N4O/c1-20(2)10-12-26-24(29)23-19-22(11-13-25-23)28-17-15-27(16-18-28)14-6-9-21-7-4-3-5-8-21/h3-9,11,13,19-20H,10,12,14-18H2,1-2H3,(H,26,29)/b9-6+. The maximum Gasteiger partial charge on any atom is 0.269 e. The van der Waals surface area contributed by atoms with E-state index in [9.17, 15) is 4.79 Å². The number of benzene rings is 1. The zero-order chi connectivity index (χ0) is 20.5. The highest BCUT2D eigenvalue weighted by Crippen LogP contribution is 2.17. The molecule has 0 saturated carbocycles. The van der Waals surface area contributed by atoms with Gasteiger partial charge in [0.25, 0.3) is 5.91 Å². The van der Waals surface area contributed by atoms with Gasteiger partial charge in [0.15, 0.2) is 0 Å². The number of nitrogens with zero attached hydrogens (tertiary/aromatic N) is 3. The minimum atomic E-state index is -0.0859. The van der Waals surface area contributed by atoms with Gasteiger partial charge in [-0.15, -0.1) is 0 Å². The molecule has 1 saturated heterocycles. The van der Waals surface area contributed by atoms with Crippen molar-refractivity contribution < 1.29 is 4.79 Å². The summed E-state index contributed by atoms with van der Waals surface area (Å²) in [5.41, 5.74) is 2.81. The average Bonchev–Trinajstić information content (AvgIpc) is 2.75. The molecule has 5 nitrogen and oxygen atoms in total. The van der Waals surface area contributed by atoms with Crippen LogP contribution in [0.1, 0.15) is 36.3 Å². The molecule has 2 heterocycles. The molecule has 154 valence electrons. The smallest absolute Gasteiger partial charge is 0.269 e. The SMILES string of the molecule is CC(C)CCNC(=O)c1cc(N2CCN(C/C=C/c3ccccc3)CC2)ccn1. The number of amides is 1. The zero-order valence-corrected chi connectivity index (χ0v) is 17.6. The molecule has 2 aromatic rings. The van der Waals surface area contributed by atoms with Crippen LogP contribution in [0.4, 0.5) is 5.69 Å². The molecule has 1 amide bonds. The number of carbonyl (C=O) groups excluding carboxylic acids is 1. The van der Waals surface area contributed by atoms with Crippen LogP contribution in [0.5, 0.6) is 0 Å². The van der Waals surface area contributed by atoms with E-state index in [2.05, 4.69) is 70.4 Å². The van der Waals surface area contributed by atoms with Gasteiger partial charge in [-0.1, -0.05) is 56.3 Å². The minimum absolute atomic E-state index is 0.0859. The topological polar surface area (TPSA) is 48.5 Å². The Labute approximate surface area is 174 Å². The van der Waals surface area contributed by atoms with Crippen LogP contribution in [-0.2, 0) is 0 Å². The van der Waals surface area contributed by atoms with E-state index in [0.29, 0.717) is 18.2 Å². The first-order valence-corrected chi connectivity index (χ1v) is 10.5. The fraction of sp³-hybridized carbons (Fsp3) is 0.417. The van der Waals surface area contributed by atoms with Gasteiger partial charge in [-0.3, -0.25) is 14.7 Å². The van der Waals surface area contributed by atoms with Gasteiger partial charge in [0.05, 0.1) is 0 Å². The Balaban J connectivity index is 1.48. The van der Waals surface area contributed by atoms with E-state index < -0.39 is 0 Å². The number of aromatic nitrogens is 1. The fourth-order valence-corrected chi connectivity index (χ4v) is 3.40. The quantitative estimate of drug-likeness (QED) is 0.744. The molecule has 0 radical (unpaired) electrons. The molecule has 3 rings (SSSR count). The van der Waals surface area contributed by atoms with Crippen LogP contribution in [-0.4, -0.2) is 55.1 Å². The average molecular weight is 393 g/mol. The van der Waals surface area contributed by atoms with E-state index in [4.69, 9.17) is 0 Å². The second-order valence-corrected chi connectivity index (χ2v) is 7.94. The summed E-state index contributed by atoms with van der Waals surface area (Å²) in [6, 6.07) is 14.3. The lowest BCUT2D eigenvalue weighted by Gasteiger charge is -2.35. The van der Waals surface area contributed by atoms with Crippen LogP contribution < -0.4 is 10.2 Å². The lowest BCUT2D eigenvalue weighted by molar-refractivity contribution is 0.0947. The van der Waals surface area contributed by atoms with Gasteiger partial charge in [0.2, 0.25) is 0 Å². The highest BCUT2D eigenvalue weighted by Gasteiger charge is 2.17. The minimum Gasteiger partial charge on any atom is -0.369 e. The van der Waals surface area contributed by atoms with Crippen LogP contribution in [0.15, 0.2) is 54.7 Å². The van der Waals surface area contributed by atoms with E-state index >= 15 is 0 Å². The first-order valence-electron chi connectivity index (χ1n) is 10.5. The maximum atomic E-state index is 12.3. The van der Waals surface area contributed by atoms with Crippen molar-refractivity contribution in [2.45, 2.75) is 20.3 Å². The Kier molecular flexibility index (Phi) is 7.82. The molecule has 1 aliphatic heterocycles. The van der Waals surface area contributed by atoms with E-state index in [1.165, 1.54) is 5.56 Å². The zero-order valence-electron chi connectivity index (χ0n) is 17.6. The van der Waals surface area contributed by atoms with Crippen LogP contribution >= 0.6 is 0 Å². The number of piperazine rings is 1. The van der Waals surface area contributed by atoms with E-state index in [-0.39, 0.29) is 5.91 Å². The fourth-order valence-electron chi connectivity index (χ4n) is 3.40. The van der Waals surface area contributed by atoms with Crippen molar-refractivity contribution in [2.24, 2.45) is 5.92 Å². The van der Waals surface area contributed by atoms with E-state index in [0.717, 1.165) is 44.8 Å². The van der Waals surface area contributed by atoms with Crippen molar-refractivity contribution in [3.63, 3.8) is 0 Å². The van der Waals surface area contributed by atoms with Gasteiger partial charge < -0.3 is 10.2 Å². The number of nitrogens with one attached hydrogen (secondary N) is 1. The first kappa shape index (κ1) is 21.1. The van der Waals surface area contributed by atoms with Gasteiger partial charge in [0.1, 0.15) is 5.69 Å². The largest absolute Gasteiger partial charge is 0.369 e. The molecule has 29 heavy (non-hydrogen) atoms. The Morgan fingerprint density at radius 2 is 1.90 bits per heavy atom. The summed E-state index contributed by atoms with van der Waals surface area (Å²) in [6.07, 6.45) is 7.13. The van der Waals surface area contributed by atoms with Crippen LogP contribution in [0.3, 0.4) is 0 Å². The molecule has 0 bridgehead atoms. The second kappa shape index (κ2) is 10.8. The molecule has 0 spiro atoms. The molecule has 0 aliphatic carbocycles. The number of rotatable bonds is 8. The highest BCUT2D eigenvalue weighted by atomic mass is 16.1. The lowest BCUT2D eigenvalue weighted by atomic mass is 10.1. The van der Waals surface area contributed by atoms with Crippen molar-refractivity contribution >= 4 is 17.7 Å². The summed E-state index contributed by atoms with van der Waals surface area (Å²) in [4.78, 5) is 21.4. The van der Waals surface area contributed by atoms with E-state index in [1.54, 1.807) is 6.20 Å². The Morgan fingerprint density at radius 1 is 1.14 bits per heavy atom. The molecule has 1 aromatic heterocycles. The van der Waals surface area contributed by atoms with Crippen molar-refractivity contribution in [1.29, 1.82) is 0 Å². The number of anilines is 1. The number of carbonyl (C=O) groups is 1. The Hall–Kier alpha value is -2.66. The van der Waals surface area contributed by atoms with Crippen molar-refractivity contribution in [3.8, 4) is 0 Å². The van der Waals surface area contributed by atoms with Crippen LogP contribution in [0.2, 0.25) is 0 Å². The third kappa shape index (κ3) is 6.71. The summed E-state index contributed by atoms with van der Waals surface area (Å²) in [7, 11) is 0. The van der Waals surface area contributed by atoms with Crippen LogP contribution in [0, 0.1) is 5.92 Å². The number of pyridine rings is 1. The second-order valence-electron chi connectivity index (χ2n) is 7.94. The summed E-state index contributed by atoms with van der Waals surface area (Å²) in [6.45, 7) is 9.90. The summed E-state index contributed by atoms with van der Waals surface area (Å²) >= 11 is 0. The van der Waals surface area contributed by atoms with Crippen molar-refractivity contribution in [1.82, 2.24) is 15.2 Å². The van der Waals surface area contributed by atoms with Crippen molar-refractivity contribution in [2.75, 3.05) is 44.2 Å². The predicted octanol–water partition coefficient (Wildman–Crippen LogP) is 3.69. The molecule has 1 aliphatic rings.